The number of hydrogen-bond donors (Lipinski definition) is 1. The van der Waals surface area contributed by atoms with E-state index in [0.717, 1.165) is 18.7 Å². The molecule has 0 aliphatic carbocycles. The van der Waals surface area contributed by atoms with Crippen LogP contribution in [0.15, 0.2) is 36.7 Å². The maximum Gasteiger partial charge on any atom is 0.126 e. The standard InChI is InChI=1S/C18H24N2O/c1-5-20-17(12-15-8-10-19-11-9-15)16-7-6-13(2)14(3)18(16)21-4/h6-11,17,20H,5,12H2,1-4H3. The van der Waals surface area contributed by atoms with Gasteiger partial charge in [-0.1, -0.05) is 19.1 Å². The lowest BCUT2D eigenvalue weighted by molar-refractivity contribution is 0.395. The highest BCUT2D eigenvalue weighted by Crippen LogP contribution is 2.32. The molecule has 0 saturated heterocycles. The zero-order chi connectivity index (χ0) is 15.2. The van der Waals surface area contributed by atoms with Gasteiger partial charge in [0.05, 0.1) is 7.11 Å². The number of hydrogen-bond acceptors (Lipinski definition) is 3. The highest BCUT2D eigenvalue weighted by Gasteiger charge is 2.18. The molecule has 21 heavy (non-hydrogen) atoms. The van der Waals surface area contributed by atoms with Crippen LogP contribution in [0.4, 0.5) is 0 Å². The first-order valence-electron chi connectivity index (χ1n) is 7.43. The van der Waals surface area contributed by atoms with Crippen molar-refractivity contribution in [1.29, 1.82) is 0 Å². The molecule has 0 fully saturated rings. The van der Waals surface area contributed by atoms with Crippen LogP contribution >= 0.6 is 0 Å². The van der Waals surface area contributed by atoms with Crippen molar-refractivity contribution < 1.29 is 4.74 Å². The van der Waals surface area contributed by atoms with Gasteiger partial charge in [0.15, 0.2) is 0 Å². The molecule has 3 heteroatoms. The van der Waals surface area contributed by atoms with Gasteiger partial charge in [0.25, 0.3) is 0 Å². The lowest BCUT2D eigenvalue weighted by Crippen LogP contribution is -2.23. The van der Waals surface area contributed by atoms with Gasteiger partial charge in [0.1, 0.15) is 5.75 Å². The van der Waals surface area contributed by atoms with E-state index in [9.17, 15) is 0 Å². The summed E-state index contributed by atoms with van der Waals surface area (Å²) in [6.07, 6.45) is 4.61. The van der Waals surface area contributed by atoms with E-state index < -0.39 is 0 Å². The van der Waals surface area contributed by atoms with Gasteiger partial charge in [-0.25, -0.2) is 0 Å². The lowest BCUT2D eigenvalue weighted by atomic mass is 9.95. The van der Waals surface area contributed by atoms with E-state index in [1.165, 1.54) is 22.3 Å². The van der Waals surface area contributed by atoms with Gasteiger partial charge in [-0.15, -0.1) is 0 Å². The number of pyridine rings is 1. The van der Waals surface area contributed by atoms with Crippen molar-refractivity contribution in [2.24, 2.45) is 0 Å². The van der Waals surface area contributed by atoms with E-state index in [1.807, 2.05) is 12.4 Å². The summed E-state index contributed by atoms with van der Waals surface area (Å²) in [5.74, 6) is 0.995. The molecule has 1 atom stereocenters. The van der Waals surface area contributed by atoms with Crippen molar-refractivity contribution in [1.82, 2.24) is 10.3 Å². The van der Waals surface area contributed by atoms with Crippen molar-refractivity contribution in [2.45, 2.75) is 33.2 Å². The largest absolute Gasteiger partial charge is 0.496 e. The SMILES string of the molecule is CCNC(Cc1ccncc1)c1ccc(C)c(C)c1OC. The van der Waals surface area contributed by atoms with Crippen molar-refractivity contribution in [3.63, 3.8) is 0 Å². The molecule has 0 amide bonds. The Labute approximate surface area is 127 Å². The summed E-state index contributed by atoms with van der Waals surface area (Å²) in [5, 5.41) is 3.57. The third kappa shape index (κ3) is 3.61. The number of benzene rings is 1. The fourth-order valence-corrected chi connectivity index (χ4v) is 2.65. The normalized spacial score (nSPS) is 12.2. The minimum absolute atomic E-state index is 0.242. The predicted molar refractivity (Wildman–Crippen MR) is 86.8 cm³/mol. The zero-order valence-electron chi connectivity index (χ0n) is 13.3. The van der Waals surface area contributed by atoms with E-state index in [4.69, 9.17) is 4.74 Å². The summed E-state index contributed by atoms with van der Waals surface area (Å²) < 4.78 is 5.67. The third-order valence-electron chi connectivity index (χ3n) is 3.93. The molecule has 3 nitrogen and oxygen atoms in total. The topological polar surface area (TPSA) is 34.2 Å². The predicted octanol–water partition coefficient (Wildman–Crippen LogP) is 3.60. The van der Waals surface area contributed by atoms with Gasteiger partial charge < -0.3 is 10.1 Å². The summed E-state index contributed by atoms with van der Waals surface area (Å²) in [4.78, 5) is 4.09. The zero-order valence-corrected chi connectivity index (χ0v) is 13.3. The Balaban J connectivity index is 2.36. The second-order valence-corrected chi connectivity index (χ2v) is 5.30. The molecule has 0 aliphatic rings. The molecule has 0 aliphatic heterocycles. The van der Waals surface area contributed by atoms with Gasteiger partial charge >= 0.3 is 0 Å². The highest BCUT2D eigenvalue weighted by molar-refractivity contribution is 5.47. The van der Waals surface area contributed by atoms with E-state index in [1.54, 1.807) is 7.11 Å². The Morgan fingerprint density at radius 2 is 1.86 bits per heavy atom. The molecule has 112 valence electrons. The van der Waals surface area contributed by atoms with Crippen LogP contribution in [0.5, 0.6) is 5.75 Å². The average molecular weight is 284 g/mol. The Morgan fingerprint density at radius 3 is 2.48 bits per heavy atom. The molecular weight excluding hydrogens is 260 g/mol. The Bertz CT molecular complexity index is 581. The lowest BCUT2D eigenvalue weighted by Gasteiger charge is -2.23. The fourth-order valence-electron chi connectivity index (χ4n) is 2.65. The number of nitrogens with one attached hydrogen (secondary N) is 1. The smallest absolute Gasteiger partial charge is 0.126 e. The molecule has 0 bridgehead atoms. The van der Waals surface area contributed by atoms with Gasteiger partial charge in [0.2, 0.25) is 0 Å². The maximum absolute atomic E-state index is 5.67. The first kappa shape index (κ1) is 15.5. The molecular formula is C18H24N2O. The highest BCUT2D eigenvalue weighted by atomic mass is 16.5. The van der Waals surface area contributed by atoms with Gasteiger partial charge in [-0.2, -0.15) is 0 Å². The molecule has 2 rings (SSSR count). The second-order valence-electron chi connectivity index (χ2n) is 5.30. The molecule has 1 aromatic carbocycles. The van der Waals surface area contributed by atoms with Crippen LogP contribution in [-0.4, -0.2) is 18.6 Å². The van der Waals surface area contributed by atoms with Gasteiger partial charge in [-0.05, 0) is 55.6 Å². The Hall–Kier alpha value is -1.87. The van der Waals surface area contributed by atoms with Crippen molar-refractivity contribution in [3.05, 3.63) is 58.9 Å². The molecule has 0 saturated carbocycles. The molecule has 1 unspecified atom stereocenters. The molecule has 0 radical (unpaired) electrons. The monoisotopic (exact) mass is 284 g/mol. The van der Waals surface area contributed by atoms with Crippen LogP contribution in [0, 0.1) is 13.8 Å². The van der Waals surface area contributed by atoms with Crippen molar-refractivity contribution in [2.75, 3.05) is 13.7 Å². The Kier molecular flexibility index (Phi) is 5.34. The third-order valence-corrected chi connectivity index (χ3v) is 3.93. The van der Waals surface area contributed by atoms with Gasteiger partial charge in [0, 0.05) is 24.0 Å². The van der Waals surface area contributed by atoms with Crippen molar-refractivity contribution >= 4 is 0 Å². The number of methoxy groups -OCH3 is 1. The summed E-state index contributed by atoms with van der Waals surface area (Å²) in [6, 6.07) is 8.72. The van der Waals surface area contributed by atoms with Crippen LogP contribution in [-0.2, 0) is 6.42 Å². The van der Waals surface area contributed by atoms with Crippen LogP contribution in [0.3, 0.4) is 0 Å². The fraction of sp³-hybridized carbons (Fsp3) is 0.389. The number of ether oxygens (including phenoxy) is 1. The first-order valence-corrected chi connectivity index (χ1v) is 7.43. The number of rotatable bonds is 6. The van der Waals surface area contributed by atoms with Crippen LogP contribution in [0.25, 0.3) is 0 Å². The summed E-state index contributed by atoms with van der Waals surface area (Å²) in [5.41, 5.74) is 4.97. The number of nitrogens with zero attached hydrogens (tertiary/aromatic N) is 1. The summed E-state index contributed by atoms with van der Waals surface area (Å²) >= 11 is 0. The molecule has 0 spiro atoms. The second kappa shape index (κ2) is 7.23. The van der Waals surface area contributed by atoms with E-state index in [-0.39, 0.29) is 6.04 Å². The Morgan fingerprint density at radius 1 is 1.14 bits per heavy atom. The minimum Gasteiger partial charge on any atom is -0.496 e. The molecule has 1 N–H and O–H groups in total. The van der Waals surface area contributed by atoms with Crippen LogP contribution < -0.4 is 10.1 Å². The number of aromatic nitrogens is 1. The van der Waals surface area contributed by atoms with Gasteiger partial charge in [-0.3, -0.25) is 4.98 Å². The van der Waals surface area contributed by atoms with E-state index in [0.29, 0.717) is 0 Å². The van der Waals surface area contributed by atoms with Crippen LogP contribution in [0.1, 0.15) is 35.2 Å². The molecule has 1 aromatic heterocycles. The summed E-state index contributed by atoms with van der Waals surface area (Å²) in [7, 11) is 1.75. The van der Waals surface area contributed by atoms with E-state index >= 15 is 0 Å². The molecule has 1 heterocycles. The average Bonchev–Trinajstić information content (AvgIpc) is 2.50. The van der Waals surface area contributed by atoms with Crippen LogP contribution in [0.2, 0.25) is 0 Å². The number of likely N-dealkylation sites (N-methyl/N-ethyl adjacent to an activating group) is 1. The quantitative estimate of drug-likeness (QED) is 0.880. The van der Waals surface area contributed by atoms with Crippen molar-refractivity contribution in [3.8, 4) is 5.75 Å². The number of aryl methyl sites for hydroxylation is 1. The first-order chi connectivity index (χ1) is 10.2. The minimum atomic E-state index is 0.242. The summed E-state index contributed by atoms with van der Waals surface area (Å²) in [6.45, 7) is 7.29. The van der Waals surface area contributed by atoms with E-state index in [2.05, 4.69) is 55.3 Å². The molecule has 2 aromatic rings. The maximum atomic E-state index is 5.67.